The Bertz CT molecular complexity index is 2360. The van der Waals surface area contributed by atoms with Gasteiger partial charge < -0.3 is 37.0 Å². The molecule has 430 valence electrons. The maximum Gasteiger partial charge on any atom is 0.357 e. The number of carbonyl (C=O) groups is 4. The van der Waals surface area contributed by atoms with Crippen molar-refractivity contribution in [1.82, 2.24) is 0 Å². The fraction of sp³-hybridized carbons (Fsp3) is 0.586. The zero-order valence-electron chi connectivity index (χ0n) is 46.3. The van der Waals surface area contributed by atoms with E-state index in [9.17, 15) is 28.3 Å². The Hall–Kier alpha value is -3.02. The van der Waals surface area contributed by atoms with Crippen LogP contribution in [-0.4, -0.2) is 93.9 Å². The lowest BCUT2D eigenvalue weighted by Crippen LogP contribution is -2.30. The summed E-state index contributed by atoms with van der Waals surface area (Å²) in [4.78, 5) is 48.6. The molecule has 4 bridgehead atoms. The van der Waals surface area contributed by atoms with Crippen LogP contribution in [0.15, 0.2) is 97.1 Å². The highest BCUT2D eigenvalue weighted by Crippen LogP contribution is 2.82. The van der Waals surface area contributed by atoms with Crippen LogP contribution >= 0.6 is 62.2 Å². The van der Waals surface area contributed by atoms with Gasteiger partial charge >= 0.3 is 39.1 Å². The molecular weight excluding hydrogens is 1110 g/mol. The van der Waals surface area contributed by atoms with Gasteiger partial charge in [-0.1, -0.05) is 113 Å². The summed E-state index contributed by atoms with van der Waals surface area (Å²) in [5.74, 6) is -0.971. The molecule has 78 heavy (non-hydrogen) atoms. The van der Waals surface area contributed by atoms with Gasteiger partial charge in [0.1, 0.15) is 26.4 Å². The molecule has 20 heteroatoms. The summed E-state index contributed by atoms with van der Waals surface area (Å²) in [5, 5.41) is 0. The number of thioether (sulfide) groups is 4. The first-order valence-electron chi connectivity index (χ1n) is 27.4. The molecule has 2 aliphatic heterocycles. The predicted octanol–water partition coefficient (Wildman–Crippen LogP) is 15.3. The summed E-state index contributed by atoms with van der Waals surface area (Å²) in [5.41, 5.74) is 3.26. The number of unbranched alkanes of at least 4 members (excludes halogenated alkanes) is 7. The molecule has 0 N–H and O–H groups in total. The summed E-state index contributed by atoms with van der Waals surface area (Å²) in [6.45, 7) is 18.5. The first-order valence-corrected chi connectivity index (χ1v) is 34.1. The highest BCUT2D eigenvalue weighted by atomic mass is 32.2. The number of esters is 4. The number of hydrogen-bond donors (Lipinski definition) is 0. The number of allylic oxidation sites excluding steroid dienone is 2. The lowest BCUT2D eigenvalue weighted by molar-refractivity contribution is -0.140. The molecule has 0 spiro atoms. The van der Waals surface area contributed by atoms with E-state index in [2.05, 4.69) is 37.5 Å². The molecule has 2 heterocycles. The van der Waals surface area contributed by atoms with Crippen LogP contribution in [0.2, 0.25) is 0 Å². The minimum atomic E-state index is -3.59. The average molecular weight is 1190 g/mol. The van der Waals surface area contributed by atoms with E-state index in [1.807, 2.05) is 52.0 Å². The fourth-order valence-electron chi connectivity index (χ4n) is 10.2. The summed E-state index contributed by atoms with van der Waals surface area (Å²) in [7, 11) is -7.18. The Morgan fingerprint density at radius 2 is 0.846 bits per heavy atom. The van der Waals surface area contributed by atoms with Crippen LogP contribution in [0.3, 0.4) is 0 Å². The van der Waals surface area contributed by atoms with Gasteiger partial charge in [0.15, 0.2) is 7.64 Å². The van der Waals surface area contributed by atoms with E-state index >= 15 is 0 Å². The molecule has 4 aliphatic rings. The van der Waals surface area contributed by atoms with Gasteiger partial charge in [0.05, 0.1) is 37.6 Å². The Morgan fingerprint density at radius 3 is 1.17 bits per heavy atom. The van der Waals surface area contributed by atoms with E-state index in [0.29, 0.717) is 22.6 Å². The van der Waals surface area contributed by atoms with Crippen molar-refractivity contribution < 1.29 is 65.4 Å². The first kappa shape index (κ1) is 64.2. The van der Waals surface area contributed by atoms with Crippen molar-refractivity contribution in [2.45, 2.75) is 147 Å². The summed E-state index contributed by atoms with van der Waals surface area (Å²) in [6.07, 6.45) is 22.0. The minimum Gasteiger partial charge on any atom is -0.459 e. The van der Waals surface area contributed by atoms with Gasteiger partial charge in [0.25, 0.3) is 0 Å². The molecule has 2 saturated heterocycles. The van der Waals surface area contributed by atoms with Crippen molar-refractivity contribution in [3.63, 3.8) is 0 Å². The van der Waals surface area contributed by atoms with Crippen LogP contribution in [0.5, 0.6) is 0 Å². The van der Waals surface area contributed by atoms with Crippen molar-refractivity contribution in [3.05, 3.63) is 119 Å². The van der Waals surface area contributed by atoms with Crippen molar-refractivity contribution in [1.29, 1.82) is 0 Å². The van der Waals surface area contributed by atoms with E-state index in [1.54, 1.807) is 85.2 Å². The molecule has 0 radical (unpaired) electrons. The molecule has 2 aromatic carbocycles. The third kappa shape index (κ3) is 15.9. The zero-order valence-corrected chi connectivity index (χ0v) is 51.4. The van der Waals surface area contributed by atoms with E-state index in [-0.39, 0.29) is 85.3 Å². The number of ether oxygens (including phenoxy) is 4. The van der Waals surface area contributed by atoms with E-state index in [4.69, 9.17) is 37.0 Å². The SMILES string of the molecule is C=C(C)C(=O)OCCOC(=O)c1ccc(CSC2(P(=O)(OCC)OCC)SC3(CCCCCCCCCCC45C=CC(C4)C(SCc4ccc(C(=O)OCCOC(=O)C(=C)C)cc4)(P(=O)(OCC)OCC)S5)C=CC2C3)cc1. The van der Waals surface area contributed by atoms with Gasteiger partial charge in [-0.05, 0) is 103 Å². The van der Waals surface area contributed by atoms with Crippen LogP contribution in [0.25, 0.3) is 0 Å². The minimum absolute atomic E-state index is 0.0106. The maximum atomic E-state index is 14.9. The Labute approximate surface area is 479 Å². The standard InChI is InChI=1S/C58H80O14P2S4/c1-9-69-73(63,70-10-2)57(75-41-45-21-25-47(26-22-45)53(61)67-37-35-65-51(59)43(5)6)49-29-33-55(39-49,77-57)31-19-17-15-13-14-16-18-20-32-56-34-30-50(40-56)58(78-56,74(64,71-11-3)72-12-4)76-42-46-23-27-48(28-24-46)54(62)68-38-36-66-52(60)44(7)8/h21-30,33-34,49-50H,5,7,9-20,31-32,35-42H2,1-4,6,8H3. The molecule has 2 aliphatic carbocycles. The van der Waals surface area contributed by atoms with Crippen LogP contribution in [-0.2, 0) is 67.3 Å². The van der Waals surface area contributed by atoms with Gasteiger partial charge in [-0.3, -0.25) is 9.13 Å². The topological polar surface area (TPSA) is 176 Å². The second kappa shape index (κ2) is 29.8. The molecule has 6 unspecified atom stereocenters. The largest absolute Gasteiger partial charge is 0.459 e. The molecule has 0 aromatic heterocycles. The van der Waals surface area contributed by atoms with Crippen molar-refractivity contribution in [3.8, 4) is 0 Å². The van der Waals surface area contributed by atoms with Crippen LogP contribution in [0, 0.1) is 11.8 Å². The highest BCUT2D eigenvalue weighted by molar-refractivity contribution is 8.26. The van der Waals surface area contributed by atoms with E-state index in [0.717, 1.165) is 75.3 Å². The quantitative estimate of drug-likeness (QED) is 0.0156. The Balaban J connectivity index is 0.946. The average Bonchev–Trinajstić information content (AvgIpc) is 4.38. The van der Waals surface area contributed by atoms with Gasteiger partial charge in [-0.25, -0.2) is 19.2 Å². The predicted molar refractivity (Wildman–Crippen MR) is 316 cm³/mol. The first-order chi connectivity index (χ1) is 37.4. The number of rotatable bonds is 37. The summed E-state index contributed by atoms with van der Waals surface area (Å²) < 4.78 is 72.9. The third-order valence-corrected chi connectivity index (χ3v) is 29.2. The van der Waals surface area contributed by atoms with Crippen molar-refractivity contribution in [2.24, 2.45) is 11.8 Å². The number of benzene rings is 2. The van der Waals surface area contributed by atoms with Crippen molar-refractivity contribution in [2.75, 3.05) is 52.9 Å². The number of carbonyl (C=O) groups excluding carboxylic acids is 4. The number of hydrogen-bond acceptors (Lipinski definition) is 18. The molecule has 2 fully saturated rings. The lowest BCUT2D eigenvalue weighted by Gasteiger charge is -2.40. The molecule has 6 rings (SSSR count). The smallest absolute Gasteiger partial charge is 0.357 e. The van der Waals surface area contributed by atoms with Gasteiger partial charge in [-0.2, -0.15) is 0 Å². The normalized spacial score (nSPS) is 23.9. The van der Waals surface area contributed by atoms with Crippen LogP contribution in [0.4, 0.5) is 0 Å². The molecule has 0 saturated carbocycles. The van der Waals surface area contributed by atoms with E-state index < -0.39 is 46.7 Å². The molecule has 0 amide bonds. The third-order valence-electron chi connectivity index (χ3n) is 14.0. The van der Waals surface area contributed by atoms with Gasteiger partial charge in [0.2, 0.25) is 0 Å². The number of fused-ring (bicyclic) bond motifs is 4. The van der Waals surface area contributed by atoms with Crippen LogP contribution < -0.4 is 0 Å². The highest BCUT2D eigenvalue weighted by Gasteiger charge is 2.68. The Kier molecular flexibility index (Phi) is 24.5. The second-order valence-electron chi connectivity index (χ2n) is 20.0. The molecule has 2 aromatic rings. The molecule has 6 atom stereocenters. The second-order valence-corrected chi connectivity index (χ2v) is 31.9. The summed E-state index contributed by atoms with van der Waals surface area (Å²) >= 11 is 6.79. The maximum absolute atomic E-state index is 14.9. The lowest BCUT2D eigenvalue weighted by atomic mass is 9.96. The van der Waals surface area contributed by atoms with E-state index in [1.165, 1.54) is 12.8 Å². The van der Waals surface area contributed by atoms with Gasteiger partial charge in [-0.15, -0.1) is 47.0 Å². The van der Waals surface area contributed by atoms with Crippen molar-refractivity contribution >= 4 is 86.1 Å². The summed E-state index contributed by atoms with van der Waals surface area (Å²) in [6, 6.07) is 14.4. The molecule has 14 nitrogen and oxygen atoms in total. The monoisotopic (exact) mass is 1190 g/mol. The Morgan fingerprint density at radius 1 is 0.526 bits per heavy atom. The van der Waals surface area contributed by atoms with Crippen LogP contribution in [0.1, 0.15) is 150 Å². The van der Waals surface area contributed by atoms with Gasteiger partial charge in [0, 0.05) is 44.0 Å². The zero-order chi connectivity index (χ0) is 56.5. The molecular formula is C58H80O14P2S4. The fourth-order valence-corrected chi connectivity index (χ4v) is 25.3.